The third-order valence-electron chi connectivity index (χ3n) is 3.39. The van der Waals surface area contributed by atoms with Crippen LogP contribution in [0.2, 0.25) is 0 Å². The van der Waals surface area contributed by atoms with E-state index in [-0.39, 0.29) is 5.69 Å². The van der Waals surface area contributed by atoms with Crippen LogP contribution in [0.1, 0.15) is 19.8 Å². The van der Waals surface area contributed by atoms with Crippen LogP contribution in [0.3, 0.4) is 0 Å². The van der Waals surface area contributed by atoms with Crippen molar-refractivity contribution in [2.75, 3.05) is 31.7 Å². The molecule has 2 amide bonds. The molecule has 6 heteroatoms. The first-order valence-corrected chi connectivity index (χ1v) is 7.24. The normalized spacial score (nSPS) is 15.5. The molecule has 0 saturated carbocycles. The average molecular weight is 296 g/mol. The first-order valence-electron chi connectivity index (χ1n) is 7.24. The summed E-state index contributed by atoms with van der Waals surface area (Å²) in [6.07, 6.45) is 1.88. The van der Waals surface area contributed by atoms with Gasteiger partial charge in [-0.05, 0) is 37.8 Å². The fraction of sp³-hybridized carbons (Fsp3) is 0.533. The monoisotopic (exact) mass is 296 g/mol. The molecule has 21 heavy (non-hydrogen) atoms. The molecular formula is C15H21FN2O3. The van der Waals surface area contributed by atoms with Gasteiger partial charge in [-0.3, -0.25) is 0 Å². The lowest BCUT2D eigenvalue weighted by atomic mass is 10.0. The van der Waals surface area contributed by atoms with E-state index < -0.39 is 11.8 Å². The lowest BCUT2D eigenvalue weighted by molar-refractivity contribution is 0.0671. The smallest absolute Gasteiger partial charge is 0.319 e. The van der Waals surface area contributed by atoms with Crippen molar-refractivity contribution in [1.29, 1.82) is 0 Å². The first kappa shape index (κ1) is 15.6. The molecule has 0 atom stereocenters. The highest BCUT2D eigenvalue weighted by Gasteiger charge is 2.15. The molecule has 2 rings (SSSR count). The Balaban J connectivity index is 1.81. The van der Waals surface area contributed by atoms with Gasteiger partial charge in [-0.2, -0.15) is 0 Å². The largest absolute Gasteiger partial charge is 0.494 e. The van der Waals surface area contributed by atoms with Crippen molar-refractivity contribution in [1.82, 2.24) is 5.32 Å². The van der Waals surface area contributed by atoms with Gasteiger partial charge < -0.3 is 20.1 Å². The molecule has 1 aliphatic heterocycles. The maximum absolute atomic E-state index is 13.8. The fourth-order valence-corrected chi connectivity index (χ4v) is 2.21. The lowest BCUT2D eigenvalue weighted by Gasteiger charge is -2.22. The zero-order valence-corrected chi connectivity index (χ0v) is 12.2. The molecule has 0 spiro atoms. The minimum Gasteiger partial charge on any atom is -0.494 e. The first-order chi connectivity index (χ1) is 10.2. The number of hydrogen-bond acceptors (Lipinski definition) is 3. The van der Waals surface area contributed by atoms with E-state index in [4.69, 9.17) is 9.47 Å². The molecule has 0 aliphatic carbocycles. The molecule has 0 bridgehead atoms. The van der Waals surface area contributed by atoms with Gasteiger partial charge in [-0.1, -0.05) is 0 Å². The van der Waals surface area contributed by atoms with Crippen molar-refractivity contribution in [2.45, 2.75) is 19.8 Å². The number of benzene rings is 1. The summed E-state index contributed by atoms with van der Waals surface area (Å²) in [6, 6.07) is 3.98. The molecule has 1 saturated heterocycles. The number of halogens is 1. The van der Waals surface area contributed by atoms with Gasteiger partial charge in [0.1, 0.15) is 11.6 Å². The highest BCUT2D eigenvalue weighted by molar-refractivity contribution is 5.89. The predicted molar refractivity (Wildman–Crippen MR) is 78.1 cm³/mol. The number of anilines is 1. The Morgan fingerprint density at radius 1 is 1.43 bits per heavy atom. The standard InChI is InChI=1S/C15H21FN2O3/c1-2-21-12-3-4-14(13(16)9-12)18-15(19)17-10-11-5-7-20-8-6-11/h3-4,9,11H,2,5-8,10H2,1H3,(H2,17,18,19). The van der Waals surface area contributed by atoms with Crippen molar-refractivity contribution in [3.05, 3.63) is 24.0 Å². The predicted octanol–water partition coefficient (Wildman–Crippen LogP) is 2.77. The van der Waals surface area contributed by atoms with Crippen molar-refractivity contribution < 1.29 is 18.7 Å². The van der Waals surface area contributed by atoms with Crippen LogP contribution in [0.25, 0.3) is 0 Å². The Labute approximate surface area is 123 Å². The Bertz CT molecular complexity index is 476. The number of carbonyl (C=O) groups is 1. The van der Waals surface area contributed by atoms with Crippen LogP contribution in [-0.4, -0.2) is 32.4 Å². The van der Waals surface area contributed by atoms with Crippen molar-refractivity contribution in [3.63, 3.8) is 0 Å². The van der Waals surface area contributed by atoms with Crippen LogP contribution in [0.5, 0.6) is 5.75 Å². The second-order valence-corrected chi connectivity index (χ2v) is 4.97. The topological polar surface area (TPSA) is 59.6 Å². The molecule has 1 heterocycles. The molecule has 1 aromatic carbocycles. The van der Waals surface area contributed by atoms with Crippen LogP contribution in [-0.2, 0) is 4.74 Å². The maximum Gasteiger partial charge on any atom is 0.319 e. The Hall–Kier alpha value is -1.82. The van der Waals surface area contributed by atoms with Gasteiger partial charge in [0.15, 0.2) is 0 Å². The Morgan fingerprint density at radius 3 is 2.86 bits per heavy atom. The number of rotatable bonds is 5. The zero-order chi connectivity index (χ0) is 15.1. The van der Waals surface area contributed by atoms with E-state index >= 15 is 0 Å². The summed E-state index contributed by atoms with van der Waals surface area (Å²) in [7, 11) is 0. The molecular weight excluding hydrogens is 275 g/mol. The van der Waals surface area contributed by atoms with E-state index in [1.807, 2.05) is 6.92 Å². The van der Waals surface area contributed by atoms with Gasteiger partial charge in [0.2, 0.25) is 0 Å². The molecule has 116 valence electrons. The van der Waals surface area contributed by atoms with Gasteiger partial charge in [0.25, 0.3) is 0 Å². The molecule has 1 fully saturated rings. The van der Waals surface area contributed by atoms with E-state index in [0.717, 1.165) is 26.1 Å². The number of hydrogen-bond donors (Lipinski definition) is 2. The number of nitrogens with one attached hydrogen (secondary N) is 2. The summed E-state index contributed by atoms with van der Waals surface area (Å²) in [5.74, 6) is 0.361. The van der Waals surface area contributed by atoms with Gasteiger partial charge in [-0.25, -0.2) is 9.18 Å². The fourth-order valence-electron chi connectivity index (χ4n) is 2.21. The molecule has 0 unspecified atom stereocenters. The summed E-state index contributed by atoms with van der Waals surface area (Å²) in [6.45, 7) is 4.35. The summed E-state index contributed by atoms with van der Waals surface area (Å²) in [5.41, 5.74) is 0.142. The Morgan fingerprint density at radius 2 is 2.19 bits per heavy atom. The summed E-state index contributed by atoms with van der Waals surface area (Å²) < 4.78 is 24.2. The van der Waals surface area contributed by atoms with Gasteiger partial charge in [0, 0.05) is 25.8 Å². The SMILES string of the molecule is CCOc1ccc(NC(=O)NCC2CCOCC2)c(F)c1. The number of carbonyl (C=O) groups excluding carboxylic acids is 1. The van der Waals surface area contributed by atoms with Crippen LogP contribution in [0.15, 0.2) is 18.2 Å². The third kappa shape index (κ3) is 4.90. The van der Waals surface area contributed by atoms with Crippen LogP contribution in [0, 0.1) is 11.7 Å². The van der Waals surface area contributed by atoms with Crippen molar-refractivity contribution in [3.8, 4) is 5.75 Å². The van der Waals surface area contributed by atoms with Crippen LogP contribution >= 0.6 is 0 Å². The van der Waals surface area contributed by atoms with E-state index in [0.29, 0.717) is 24.8 Å². The summed E-state index contributed by atoms with van der Waals surface area (Å²) >= 11 is 0. The second kappa shape index (κ2) is 7.83. The van der Waals surface area contributed by atoms with E-state index in [1.165, 1.54) is 12.1 Å². The molecule has 2 N–H and O–H groups in total. The lowest BCUT2D eigenvalue weighted by Crippen LogP contribution is -2.35. The third-order valence-corrected chi connectivity index (χ3v) is 3.39. The maximum atomic E-state index is 13.8. The number of urea groups is 1. The van der Waals surface area contributed by atoms with E-state index in [1.54, 1.807) is 6.07 Å². The second-order valence-electron chi connectivity index (χ2n) is 4.97. The number of ether oxygens (including phenoxy) is 2. The highest BCUT2D eigenvalue weighted by Crippen LogP contribution is 2.20. The quantitative estimate of drug-likeness (QED) is 0.878. The minimum absolute atomic E-state index is 0.142. The molecule has 0 aromatic heterocycles. The number of amides is 2. The molecule has 5 nitrogen and oxygen atoms in total. The van der Waals surface area contributed by atoms with Crippen LogP contribution < -0.4 is 15.4 Å². The molecule has 0 radical (unpaired) electrons. The van der Waals surface area contributed by atoms with E-state index in [9.17, 15) is 9.18 Å². The zero-order valence-electron chi connectivity index (χ0n) is 12.2. The van der Waals surface area contributed by atoms with Crippen molar-refractivity contribution in [2.24, 2.45) is 5.92 Å². The highest BCUT2D eigenvalue weighted by atomic mass is 19.1. The summed E-state index contributed by atoms with van der Waals surface area (Å²) in [4.78, 5) is 11.8. The van der Waals surface area contributed by atoms with Gasteiger partial charge in [-0.15, -0.1) is 0 Å². The average Bonchev–Trinajstić information content (AvgIpc) is 2.49. The minimum atomic E-state index is -0.512. The van der Waals surface area contributed by atoms with Crippen molar-refractivity contribution >= 4 is 11.7 Å². The summed E-state index contributed by atoms with van der Waals surface area (Å²) in [5, 5.41) is 5.27. The molecule has 1 aliphatic rings. The van der Waals surface area contributed by atoms with Crippen LogP contribution in [0.4, 0.5) is 14.9 Å². The van der Waals surface area contributed by atoms with Gasteiger partial charge >= 0.3 is 6.03 Å². The van der Waals surface area contributed by atoms with E-state index in [2.05, 4.69) is 10.6 Å². The van der Waals surface area contributed by atoms with Gasteiger partial charge in [0.05, 0.1) is 12.3 Å². The molecule has 1 aromatic rings. The Kier molecular flexibility index (Phi) is 5.80.